The van der Waals surface area contributed by atoms with Gasteiger partial charge in [-0.25, -0.2) is 0 Å². The van der Waals surface area contributed by atoms with E-state index in [9.17, 15) is 9.90 Å². The van der Waals surface area contributed by atoms with E-state index >= 15 is 0 Å². The molecule has 6 heteroatoms. The van der Waals surface area contributed by atoms with Gasteiger partial charge in [0, 0.05) is 13.0 Å². The van der Waals surface area contributed by atoms with E-state index < -0.39 is 17.5 Å². The van der Waals surface area contributed by atoms with Crippen LogP contribution in [0, 0.1) is 5.92 Å². The topological polar surface area (TPSA) is 75.3 Å². The van der Waals surface area contributed by atoms with Gasteiger partial charge in [-0.05, 0) is 26.2 Å². The van der Waals surface area contributed by atoms with Crippen LogP contribution in [0.15, 0.2) is 0 Å². The number of aliphatic hydroxyl groups is 1. The fourth-order valence-corrected chi connectivity index (χ4v) is 3.01. The molecule has 0 spiro atoms. The minimum absolute atomic E-state index is 0.287. The predicted molar refractivity (Wildman–Crippen MR) is 71.3 cm³/mol. The van der Waals surface area contributed by atoms with E-state index in [1.54, 1.807) is 4.68 Å². The van der Waals surface area contributed by atoms with E-state index in [1.165, 1.54) is 0 Å². The molecule has 2 rings (SSSR count). The van der Waals surface area contributed by atoms with Crippen molar-refractivity contribution in [3.8, 4) is 0 Å². The number of carboxylic acid groups (broad SMARTS) is 1. The first-order valence-corrected chi connectivity index (χ1v) is 6.97. The summed E-state index contributed by atoms with van der Waals surface area (Å²) in [5.74, 6) is -1.28. The first-order valence-electron chi connectivity index (χ1n) is 6.59. The average Bonchev–Trinajstić information content (AvgIpc) is 2.62. The van der Waals surface area contributed by atoms with Gasteiger partial charge >= 0.3 is 5.97 Å². The van der Waals surface area contributed by atoms with E-state index in [2.05, 4.69) is 5.10 Å². The van der Waals surface area contributed by atoms with E-state index in [-0.39, 0.29) is 12.8 Å². The van der Waals surface area contributed by atoms with Crippen LogP contribution >= 0.6 is 11.6 Å². The molecule has 5 nitrogen and oxygen atoms in total. The fourth-order valence-electron chi connectivity index (χ4n) is 2.67. The molecule has 0 saturated heterocycles. The summed E-state index contributed by atoms with van der Waals surface area (Å²) in [7, 11) is 0. The Bertz CT molecular complexity index is 492. The highest BCUT2D eigenvalue weighted by Gasteiger charge is 2.47. The van der Waals surface area contributed by atoms with Crippen LogP contribution in [-0.2, 0) is 24.2 Å². The fraction of sp³-hybridized carbons (Fsp3) is 0.692. The molecule has 0 amide bonds. The predicted octanol–water partition coefficient (Wildman–Crippen LogP) is 1.89. The molecule has 0 radical (unpaired) electrons. The lowest BCUT2D eigenvalue weighted by molar-refractivity contribution is -0.158. The van der Waals surface area contributed by atoms with Gasteiger partial charge in [-0.1, -0.05) is 18.5 Å². The monoisotopic (exact) mass is 286 g/mol. The highest BCUT2D eigenvalue weighted by molar-refractivity contribution is 6.31. The quantitative estimate of drug-likeness (QED) is 0.867. The highest BCUT2D eigenvalue weighted by atomic mass is 35.5. The second kappa shape index (κ2) is 5.13. The van der Waals surface area contributed by atoms with E-state index in [0.29, 0.717) is 18.0 Å². The van der Waals surface area contributed by atoms with Gasteiger partial charge in [0.15, 0.2) is 0 Å². The summed E-state index contributed by atoms with van der Waals surface area (Å²) in [6.45, 7) is 4.64. The third-order valence-electron chi connectivity index (χ3n) is 3.79. The zero-order chi connectivity index (χ0) is 14.2. The molecule has 0 atom stereocenters. The Balaban J connectivity index is 2.16. The van der Waals surface area contributed by atoms with Crippen molar-refractivity contribution in [3.63, 3.8) is 0 Å². The molecule has 1 fully saturated rings. The van der Waals surface area contributed by atoms with Crippen LogP contribution in [0.2, 0.25) is 5.02 Å². The number of carboxylic acids is 1. The van der Waals surface area contributed by atoms with Crippen molar-refractivity contribution in [1.82, 2.24) is 9.78 Å². The van der Waals surface area contributed by atoms with Crippen LogP contribution in [0.5, 0.6) is 0 Å². The number of hydrogen-bond donors (Lipinski definition) is 2. The van der Waals surface area contributed by atoms with Crippen molar-refractivity contribution in [3.05, 3.63) is 16.4 Å². The van der Waals surface area contributed by atoms with Gasteiger partial charge in [-0.2, -0.15) is 5.10 Å². The molecule has 1 saturated carbocycles. The maximum atomic E-state index is 10.8. The summed E-state index contributed by atoms with van der Waals surface area (Å²) in [6, 6.07) is 0. The molecule has 1 aromatic rings. The molecular weight excluding hydrogens is 268 g/mol. The zero-order valence-electron chi connectivity index (χ0n) is 11.2. The number of halogens is 1. The maximum absolute atomic E-state index is 10.8. The van der Waals surface area contributed by atoms with Gasteiger partial charge in [-0.15, -0.1) is 0 Å². The van der Waals surface area contributed by atoms with Crippen LogP contribution in [0.1, 0.15) is 38.1 Å². The number of hydrogen-bond acceptors (Lipinski definition) is 3. The normalized spacial score (nSPS) is 26.2. The summed E-state index contributed by atoms with van der Waals surface area (Å²) in [5.41, 5.74) is 0.688. The number of aliphatic carboxylic acids is 1. The Labute approximate surface area is 117 Å². The summed E-state index contributed by atoms with van der Waals surface area (Å²) in [4.78, 5) is 10.8. The first kappa shape index (κ1) is 14.3. The van der Waals surface area contributed by atoms with Crippen molar-refractivity contribution in [2.75, 3.05) is 0 Å². The van der Waals surface area contributed by atoms with Gasteiger partial charge in [-0.3, -0.25) is 9.48 Å². The lowest BCUT2D eigenvalue weighted by atomic mass is 9.68. The van der Waals surface area contributed by atoms with Gasteiger partial charge in [0.1, 0.15) is 0 Å². The van der Waals surface area contributed by atoms with Crippen LogP contribution in [0.25, 0.3) is 0 Å². The van der Waals surface area contributed by atoms with Crippen molar-refractivity contribution >= 4 is 17.6 Å². The molecule has 0 aromatic carbocycles. The molecular formula is C13H19ClN2O3. The number of carbonyl (C=O) groups is 1. The Hall–Kier alpha value is -1.07. The summed E-state index contributed by atoms with van der Waals surface area (Å²) < 4.78 is 1.80. The molecule has 1 aliphatic carbocycles. The molecule has 0 unspecified atom stereocenters. The third-order valence-corrected chi connectivity index (χ3v) is 4.23. The standard InChI is InChI=1S/C13H19ClN2O3/c1-3-9-11(14)10(16(4-2)15-9)7-13(19)5-8(6-13)12(17)18/h8,19H,3-7H2,1-2H3,(H,17,18). The van der Waals surface area contributed by atoms with E-state index in [4.69, 9.17) is 16.7 Å². The van der Waals surface area contributed by atoms with Gasteiger partial charge < -0.3 is 10.2 Å². The lowest BCUT2D eigenvalue weighted by Crippen LogP contribution is -2.48. The van der Waals surface area contributed by atoms with Crippen LogP contribution in [0.4, 0.5) is 0 Å². The first-order chi connectivity index (χ1) is 8.90. The number of rotatable bonds is 5. The smallest absolute Gasteiger partial charge is 0.306 e. The zero-order valence-corrected chi connectivity index (χ0v) is 11.9. The second-order valence-electron chi connectivity index (χ2n) is 5.22. The lowest BCUT2D eigenvalue weighted by Gasteiger charge is -2.41. The Morgan fingerprint density at radius 1 is 1.53 bits per heavy atom. The Morgan fingerprint density at radius 3 is 2.63 bits per heavy atom. The molecule has 0 bridgehead atoms. The van der Waals surface area contributed by atoms with Gasteiger partial charge in [0.2, 0.25) is 0 Å². The molecule has 106 valence electrons. The molecule has 2 N–H and O–H groups in total. The minimum Gasteiger partial charge on any atom is -0.481 e. The maximum Gasteiger partial charge on any atom is 0.306 e. The largest absolute Gasteiger partial charge is 0.481 e. The van der Waals surface area contributed by atoms with Crippen LogP contribution < -0.4 is 0 Å². The Kier molecular flexibility index (Phi) is 3.87. The Morgan fingerprint density at radius 2 is 2.16 bits per heavy atom. The molecule has 1 heterocycles. The number of aromatic nitrogens is 2. The van der Waals surface area contributed by atoms with Gasteiger partial charge in [0.25, 0.3) is 0 Å². The van der Waals surface area contributed by atoms with Crippen LogP contribution in [-0.4, -0.2) is 31.6 Å². The highest BCUT2D eigenvalue weighted by Crippen LogP contribution is 2.41. The SMILES string of the molecule is CCc1nn(CC)c(CC2(O)CC(C(=O)O)C2)c1Cl. The van der Waals surface area contributed by atoms with Crippen molar-refractivity contribution < 1.29 is 15.0 Å². The van der Waals surface area contributed by atoms with Crippen molar-refractivity contribution in [1.29, 1.82) is 0 Å². The molecule has 1 aliphatic rings. The summed E-state index contributed by atoms with van der Waals surface area (Å²) >= 11 is 6.28. The van der Waals surface area contributed by atoms with E-state index in [0.717, 1.165) is 17.8 Å². The van der Waals surface area contributed by atoms with Gasteiger partial charge in [0.05, 0.1) is 27.9 Å². The molecule has 19 heavy (non-hydrogen) atoms. The average molecular weight is 287 g/mol. The molecule has 0 aliphatic heterocycles. The summed E-state index contributed by atoms with van der Waals surface area (Å²) in [6.07, 6.45) is 1.69. The number of nitrogens with zero attached hydrogens (tertiary/aromatic N) is 2. The second-order valence-corrected chi connectivity index (χ2v) is 5.60. The third kappa shape index (κ3) is 2.62. The van der Waals surface area contributed by atoms with E-state index in [1.807, 2.05) is 13.8 Å². The molecule has 1 aromatic heterocycles. The van der Waals surface area contributed by atoms with Crippen molar-refractivity contribution in [2.24, 2.45) is 5.92 Å². The van der Waals surface area contributed by atoms with Crippen molar-refractivity contribution in [2.45, 2.75) is 51.7 Å². The van der Waals surface area contributed by atoms with Crippen LogP contribution in [0.3, 0.4) is 0 Å². The number of aryl methyl sites for hydroxylation is 2. The minimum atomic E-state index is -0.954. The summed E-state index contributed by atoms with van der Waals surface area (Å²) in [5, 5.41) is 24.2.